The molecule has 0 bridgehead atoms. The molecular weight excluding hydrogens is 885 g/mol. The van der Waals surface area contributed by atoms with E-state index in [9.17, 15) is 0 Å². The molecule has 3 rings (SSSR count). The Balaban J connectivity index is 0.000000820. The molecule has 10 heteroatoms. The Kier molecular flexibility index (Phi) is 15.6. The van der Waals surface area contributed by atoms with E-state index in [0.717, 1.165) is 44.9 Å². The normalized spacial score (nSPS) is 23.2. The van der Waals surface area contributed by atoms with E-state index in [-0.39, 0.29) is 55.7 Å². The van der Waals surface area contributed by atoms with Crippen LogP contribution in [0.5, 0.6) is 0 Å². The van der Waals surface area contributed by atoms with Gasteiger partial charge < -0.3 is 21.2 Å². The van der Waals surface area contributed by atoms with Gasteiger partial charge in [0.05, 0.1) is 0 Å². The van der Waals surface area contributed by atoms with Crippen molar-refractivity contribution in [3.05, 3.63) is 40.7 Å². The van der Waals surface area contributed by atoms with Gasteiger partial charge in [0, 0.05) is 11.8 Å². The third-order valence-electron chi connectivity index (χ3n) is 3.27. The van der Waals surface area contributed by atoms with Gasteiger partial charge in [0.1, 0.15) is 0 Å². The molecule has 1 aromatic rings. The van der Waals surface area contributed by atoms with Gasteiger partial charge in [0.15, 0.2) is 0 Å². The largest absolute Gasteiger partial charge is 0.693 e. The van der Waals surface area contributed by atoms with E-state index in [1.54, 1.807) is 0 Å². The predicted octanol–water partition coefficient (Wildman–Crippen LogP) is 4.83. The zero-order chi connectivity index (χ0) is 14.2. The van der Waals surface area contributed by atoms with Crippen LogP contribution in [-0.4, -0.2) is 36.4 Å². The second-order valence-corrected chi connectivity index (χ2v) is 44.5. The molecule has 0 saturated carbocycles. The summed E-state index contributed by atoms with van der Waals surface area (Å²) in [6.45, 7) is 3.36. The number of hydrogen-bond acceptors (Lipinski definition) is 3. The van der Waals surface area contributed by atoms with Crippen molar-refractivity contribution in [1.82, 2.24) is 10.2 Å². The molecule has 1 saturated heterocycles. The fourth-order valence-corrected chi connectivity index (χ4v) is 2.29. The fourth-order valence-electron chi connectivity index (χ4n) is 2.29. The first-order valence-electron chi connectivity index (χ1n) is 6.73. The zero-order valence-electron chi connectivity index (χ0n) is 12.5. The maximum absolute atomic E-state index is 5.77. The van der Waals surface area contributed by atoms with Gasteiger partial charge in [-0.15, -0.1) is 42.5 Å². The van der Waals surface area contributed by atoms with Crippen LogP contribution in [0.1, 0.15) is 36.5 Å². The summed E-state index contributed by atoms with van der Waals surface area (Å²) in [5.41, 5.74) is 0. The number of halogens is 2. The van der Waals surface area contributed by atoms with E-state index in [2.05, 4.69) is 62.2 Å². The summed E-state index contributed by atoms with van der Waals surface area (Å²) in [4.78, 5) is 0. The number of nitrogens with zero attached hydrogens (tertiary/aromatic N) is 4. The smallest absolute Gasteiger partial charge is 0.693 e. The van der Waals surface area contributed by atoms with Gasteiger partial charge in [-0.2, -0.15) is 0 Å². The Morgan fingerprint density at radius 1 is 1.18 bits per heavy atom. The van der Waals surface area contributed by atoms with Gasteiger partial charge in [-0.3, -0.25) is 0 Å². The van der Waals surface area contributed by atoms with Crippen molar-refractivity contribution in [3.63, 3.8) is 0 Å². The Bertz CT molecular complexity index is 429. The number of aromatic nitrogens is 2. The van der Waals surface area contributed by atoms with Crippen LogP contribution in [0.25, 0.3) is 16.8 Å². The molecule has 2 N–H and O–H groups in total. The molecule has 22 heavy (non-hydrogen) atoms. The molecule has 2 atom stereocenters. The van der Waals surface area contributed by atoms with E-state index in [4.69, 9.17) is 4.42 Å². The Hall–Kier alpha value is 2.09. The summed E-state index contributed by atoms with van der Waals surface area (Å²) in [5, 5.41) is 17.0. The molecule has 0 aromatic carbocycles. The van der Waals surface area contributed by atoms with Crippen LogP contribution in [0.15, 0.2) is 16.6 Å². The van der Waals surface area contributed by atoms with Crippen LogP contribution in [0.4, 0.5) is 0 Å². The van der Waals surface area contributed by atoms with Crippen LogP contribution in [-0.2, 0) is 43.6 Å². The minimum atomic E-state index is -0.143. The topological polar surface area (TPSA) is 101 Å². The molecule has 1 radical (unpaired) electrons. The van der Waals surface area contributed by atoms with Gasteiger partial charge in [0.25, 0.3) is 0 Å². The molecule has 0 amide bonds. The van der Waals surface area contributed by atoms with Crippen LogP contribution >= 0.6 is 35.3 Å². The Morgan fingerprint density at radius 2 is 1.91 bits per heavy atom. The van der Waals surface area contributed by atoms with Crippen molar-refractivity contribution in [2.24, 2.45) is 0 Å². The minimum Gasteiger partial charge on any atom is -0.693 e. The molecule has 0 spiro atoms. The van der Waals surface area contributed by atoms with Crippen molar-refractivity contribution >= 4 is 35.3 Å². The molecule has 1 fully saturated rings. The maximum atomic E-state index is 5.77. The van der Waals surface area contributed by atoms with E-state index in [0.29, 0.717) is 11.8 Å². The van der Waals surface area contributed by atoms with Crippen molar-refractivity contribution in [2.45, 2.75) is 24.7 Å². The van der Waals surface area contributed by atoms with E-state index in [1.165, 1.54) is 0 Å². The van der Waals surface area contributed by atoms with Gasteiger partial charge in [-0.05, 0) is 6.42 Å². The third kappa shape index (κ3) is 7.98. The molecule has 0 aliphatic carbocycles. The van der Waals surface area contributed by atoms with E-state index in [1.807, 2.05) is 6.08 Å². The monoisotopic (exact) mass is 906 g/mol. The van der Waals surface area contributed by atoms with Crippen LogP contribution < -0.4 is 0 Å². The third-order valence-corrected chi connectivity index (χ3v) is 3.27. The summed E-state index contributed by atoms with van der Waals surface area (Å²) in [5.74, 6) is 1.95. The SMILES string of the molecule is C1=CC(c2nnc(C3CCC[N-]C3)o2)C[N-]C1.[Hg+].[I][Hg][I].[NH2-]. The summed E-state index contributed by atoms with van der Waals surface area (Å²) >= 11 is 4.85. The number of nitrogens with two attached hydrogens (primary N) is 1. The second-order valence-electron chi connectivity index (χ2n) is 4.67. The summed E-state index contributed by atoms with van der Waals surface area (Å²) in [6, 6.07) is 0. The van der Waals surface area contributed by atoms with Gasteiger partial charge in [-0.1, -0.05) is 12.5 Å². The average Bonchev–Trinajstić information content (AvgIpc) is 3.00. The average molecular weight is 903 g/mol. The maximum Gasteiger partial charge on any atom is -0.693 e. The first-order chi connectivity index (χ1) is 9.85. The molecule has 1 aromatic heterocycles. The van der Waals surface area contributed by atoms with Gasteiger partial charge >= 0.3 is 78.9 Å². The number of hydrogen-bond donors (Lipinski definition) is 0. The molecule has 2 aliphatic rings. The van der Waals surface area contributed by atoms with Gasteiger partial charge in [0.2, 0.25) is 11.8 Å². The predicted molar refractivity (Wildman–Crippen MR) is 97.7 cm³/mol. The molecule has 2 aliphatic heterocycles. The fraction of sp³-hybridized carbons (Fsp3) is 0.667. The summed E-state index contributed by atoms with van der Waals surface area (Å²) in [7, 11) is 0. The number of rotatable bonds is 2. The number of piperidine rings is 1. The zero-order valence-corrected chi connectivity index (χ0v) is 27.8. The van der Waals surface area contributed by atoms with Crippen molar-refractivity contribution in [1.29, 1.82) is 0 Å². The first kappa shape index (κ1) is 24.1. The van der Waals surface area contributed by atoms with Crippen LogP contribution in [0.2, 0.25) is 0 Å². The molecule has 2 unspecified atom stereocenters. The molecule has 117 valence electrons. The van der Waals surface area contributed by atoms with Crippen molar-refractivity contribution in [3.8, 4) is 0 Å². The summed E-state index contributed by atoms with van der Waals surface area (Å²) < 4.78 is 5.77. The van der Waals surface area contributed by atoms with Crippen LogP contribution in [0.3, 0.4) is 0 Å². The Labute approximate surface area is 182 Å². The second kappa shape index (κ2) is 14.3. The summed E-state index contributed by atoms with van der Waals surface area (Å²) in [6.07, 6.45) is 6.39. The van der Waals surface area contributed by atoms with Crippen LogP contribution in [0, 0.1) is 0 Å². The minimum absolute atomic E-state index is 0. The quantitative estimate of drug-likeness (QED) is 0.242. The first-order valence-corrected chi connectivity index (χ1v) is 37.7. The van der Waals surface area contributed by atoms with Crippen molar-refractivity contribution in [2.75, 3.05) is 26.2 Å². The van der Waals surface area contributed by atoms with Crippen molar-refractivity contribution < 1.29 is 48.0 Å². The van der Waals surface area contributed by atoms with E-state index >= 15 is 0 Å². The van der Waals surface area contributed by atoms with Gasteiger partial charge in [-0.25, -0.2) is 0 Å². The standard InChI is InChI=1S/C12H16N4O.2Hg.2HI.H2N/c1-3-9(7-13-5-1)11-15-16-12(17-11)10-4-2-6-14-8-10;;;;;/h1,3,9-10H,2,4-8H2;;;2*1H;1H2/q-2;+1;+2;;;-1/p-2. The molecule has 3 heterocycles. The Morgan fingerprint density at radius 3 is 2.50 bits per heavy atom. The molecule has 6 nitrogen and oxygen atoms in total. The van der Waals surface area contributed by atoms with E-state index < -0.39 is 0 Å². The molecular formula is C12H18Hg2I2N5O-2.